The number of nitriles is 1. The molecule has 2 nitrogen and oxygen atoms in total. The molecule has 22 heavy (non-hydrogen) atoms. The van der Waals surface area contributed by atoms with Crippen molar-refractivity contribution in [2.45, 2.75) is 0 Å². The summed E-state index contributed by atoms with van der Waals surface area (Å²) in [7, 11) is 0. The number of hydrogen-bond acceptors (Lipinski definition) is 2. The number of hydrogen-bond donors (Lipinski definition) is 0. The second-order valence-corrected chi connectivity index (χ2v) is 6.51. The van der Waals surface area contributed by atoms with Gasteiger partial charge < -0.3 is 4.74 Å². The summed E-state index contributed by atoms with van der Waals surface area (Å²) in [6.07, 6.45) is 7.04. The molecule has 0 atom stereocenters. The zero-order valence-electron chi connectivity index (χ0n) is 11.5. The first-order valence-corrected chi connectivity index (χ1v) is 8.25. The molecule has 0 aliphatic rings. The largest absolute Gasteiger partial charge is 0.480 e. The Morgan fingerprint density at radius 1 is 1.27 bits per heavy atom. The zero-order chi connectivity index (χ0) is 15.9. The van der Waals surface area contributed by atoms with Crippen LogP contribution in [0.3, 0.4) is 0 Å². The van der Waals surface area contributed by atoms with Gasteiger partial charge in [0.05, 0.1) is 11.6 Å². The third-order valence-corrected chi connectivity index (χ3v) is 4.07. The van der Waals surface area contributed by atoms with E-state index in [9.17, 15) is 5.26 Å². The maximum Gasteiger partial charge on any atom is 0.148 e. The quantitative estimate of drug-likeness (QED) is 0.272. The van der Waals surface area contributed by atoms with Crippen molar-refractivity contribution in [2.75, 3.05) is 6.61 Å². The van der Waals surface area contributed by atoms with Crippen molar-refractivity contribution in [1.29, 1.82) is 5.26 Å². The van der Waals surface area contributed by atoms with Crippen LogP contribution in [-0.2, 0) is 0 Å². The van der Waals surface area contributed by atoms with E-state index in [1.807, 2.05) is 42.5 Å². The Bertz CT molecular complexity index is 782. The van der Waals surface area contributed by atoms with Gasteiger partial charge in [-0.25, -0.2) is 0 Å². The maximum atomic E-state index is 9.44. The van der Waals surface area contributed by atoms with E-state index in [1.165, 1.54) is 0 Å². The summed E-state index contributed by atoms with van der Waals surface area (Å²) in [5.74, 6) is 3.09. The fourth-order valence-electron chi connectivity index (χ4n) is 1.85. The molecule has 0 saturated carbocycles. The van der Waals surface area contributed by atoms with Crippen LogP contribution in [-0.4, -0.2) is 6.61 Å². The first kappa shape index (κ1) is 16.6. The molecule has 2 rings (SSSR count). The lowest BCUT2D eigenvalue weighted by Gasteiger charge is -2.08. The van der Waals surface area contributed by atoms with Crippen LogP contribution in [0.25, 0.3) is 11.6 Å². The molecule has 0 bridgehead atoms. The summed E-state index contributed by atoms with van der Waals surface area (Å²) in [6.45, 7) is 0.188. The number of rotatable bonds is 4. The highest BCUT2D eigenvalue weighted by Crippen LogP contribution is 2.28. The van der Waals surface area contributed by atoms with Crippen molar-refractivity contribution in [1.82, 2.24) is 0 Å². The monoisotopic (exact) mass is 463 g/mol. The molecule has 0 fully saturated rings. The number of nitrogens with zero attached hydrogens (tertiary/aromatic N) is 1. The van der Waals surface area contributed by atoms with Crippen LogP contribution in [0.2, 0.25) is 0 Å². The average Bonchev–Trinajstić information content (AvgIpc) is 2.53. The maximum absolute atomic E-state index is 9.44. The fourth-order valence-corrected chi connectivity index (χ4v) is 2.59. The van der Waals surface area contributed by atoms with Gasteiger partial charge in [-0.3, -0.25) is 0 Å². The van der Waals surface area contributed by atoms with Gasteiger partial charge in [-0.05, 0) is 64.6 Å². The SMILES string of the molecule is C#CCOc1ccc(Br)cc1/C=C(/C#N)c1ccc(I)cc1. The smallest absolute Gasteiger partial charge is 0.148 e. The van der Waals surface area contributed by atoms with E-state index in [0.717, 1.165) is 19.2 Å². The molecular formula is C18H11BrINO. The van der Waals surface area contributed by atoms with E-state index >= 15 is 0 Å². The van der Waals surface area contributed by atoms with Crippen molar-refractivity contribution in [3.63, 3.8) is 0 Å². The normalized spacial score (nSPS) is 10.6. The Kier molecular flexibility index (Phi) is 6.06. The van der Waals surface area contributed by atoms with Crippen molar-refractivity contribution < 1.29 is 4.74 Å². The predicted molar refractivity (Wildman–Crippen MR) is 101 cm³/mol. The molecule has 0 spiro atoms. The number of allylic oxidation sites excluding steroid dienone is 1. The van der Waals surface area contributed by atoms with Gasteiger partial charge in [-0.1, -0.05) is 34.0 Å². The molecule has 2 aromatic carbocycles. The van der Waals surface area contributed by atoms with Crippen LogP contribution in [0.5, 0.6) is 5.75 Å². The number of halogens is 2. The van der Waals surface area contributed by atoms with E-state index in [-0.39, 0.29) is 6.61 Å². The standard InChI is InChI=1S/C18H11BrINO/c1-2-9-22-18-8-5-16(19)11-14(18)10-15(12-21)13-3-6-17(20)7-4-13/h1,3-8,10-11H,9H2/b15-10-. The van der Waals surface area contributed by atoms with E-state index in [0.29, 0.717) is 11.3 Å². The zero-order valence-corrected chi connectivity index (χ0v) is 15.3. The molecule has 0 saturated heterocycles. The molecule has 0 amide bonds. The molecule has 0 N–H and O–H groups in total. The lowest BCUT2D eigenvalue weighted by molar-refractivity contribution is 0.369. The van der Waals surface area contributed by atoms with Crippen LogP contribution in [0.4, 0.5) is 0 Å². The first-order valence-electron chi connectivity index (χ1n) is 6.37. The minimum atomic E-state index is 0.188. The van der Waals surface area contributed by atoms with Crippen molar-refractivity contribution >= 4 is 50.2 Å². The highest BCUT2D eigenvalue weighted by molar-refractivity contribution is 14.1. The van der Waals surface area contributed by atoms with Crippen LogP contribution < -0.4 is 4.74 Å². The summed E-state index contributed by atoms with van der Waals surface area (Å²) < 4.78 is 7.56. The van der Waals surface area contributed by atoms with E-state index in [1.54, 1.807) is 6.08 Å². The molecule has 0 heterocycles. The summed E-state index contributed by atoms with van der Waals surface area (Å²) in [6, 6.07) is 15.6. The van der Waals surface area contributed by atoms with Gasteiger partial charge in [-0.15, -0.1) is 6.42 Å². The van der Waals surface area contributed by atoms with Gasteiger partial charge >= 0.3 is 0 Å². The van der Waals surface area contributed by atoms with Crippen molar-refractivity contribution in [2.24, 2.45) is 0 Å². The number of terminal acetylenes is 1. The second kappa shape index (κ2) is 8.03. The third kappa shape index (κ3) is 4.37. The number of ether oxygens (including phenoxy) is 1. The third-order valence-electron chi connectivity index (χ3n) is 2.86. The van der Waals surface area contributed by atoms with Crippen LogP contribution in [0.15, 0.2) is 46.9 Å². The van der Waals surface area contributed by atoms with Gasteiger partial charge in [0.15, 0.2) is 0 Å². The van der Waals surface area contributed by atoms with Gasteiger partial charge in [0, 0.05) is 13.6 Å². The lowest BCUT2D eigenvalue weighted by Crippen LogP contribution is -1.96. The highest BCUT2D eigenvalue weighted by atomic mass is 127. The summed E-state index contributed by atoms with van der Waals surface area (Å²) >= 11 is 5.67. The Labute approximate surface area is 152 Å². The van der Waals surface area contributed by atoms with Gasteiger partial charge in [0.25, 0.3) is 0 Å². The average molecular weight is 464 g/mol. The second-order valence-electron chi connectivity index (χ2n) is 4.35. The molecule has 108 valence electrons. The minimum absolute atomic E-state index is 0.188. The van der Waals surface area contributed by atoms with Gasteiger partial charge in [0.2, 0.25) is 0 Å². The fraction of sp³-hybridized carbons (Fsp3) is 0.0556. The molecule has 0 aliphatic carbocycles. The molecule has 2 aromatic rings. The van der Waals surface area contributed by atoms with Gasteiger partial charge in [0.1, 0.15) is 12.4 Å². The first-order chi connectivity index (χ1) is 10.6. The molecule has 4 heteroatoms. The van der Waals surface area contributed by atoms with Crippen LogP contribution in [0.1, 0.15) is 11.1 Å². The van der Waals surface area contributed by atoms with E-state index in [2.05, 4.69) is 50.5 Å². The Balaban J connectivity index is 2.45. The topological polar surface area (TPSA) is 33.0 Å². The summed E-state index contributed by atoms with van der Waals surface area (Å²) in [4.78, 5) is 0. The van der Waals surface area contributed by atoms with Crippen LogP contribution in [0, 0.1) is 27.2 Å². The van der Waals surface area contributed by atoms with Gasteiger partial charge in [-0.2, -0.15) is 5.26 Å². The highest BCUT2D eigenvalue weighted by Gasteiger charge is 2.06. The van der Waals surface area contributed by atoms with Crippen LogP contribution >= 0.6 is 38.5 Å². The molecular weight excluding hydrogens is 453 g/mol. The summed E-state index contributed by atoms with van der Waals surface area (Å²) in [5.41, 5.74) is 2.24. The van der Waals surface area contributed by atoms with Crippen molar-refractivity contribution in [3.05, 3.63) is 61.6 Å². The number of benzene rings is 2. The molecule has 0 aliphatic heterocycles. The molecule has 0 aromatic heterocycles. The summed E-state index contributed by atoms with van der Waals surface area (Å²) in [5, 5.41) is 9.44. The molecule has 0 radical (unpaired) electrons. The Morgan fingerprint density at radius 2 is 2.00 bits per heavy atom. The predicted octanol–water partition coefficient (Wildman–Crippen LogP) is 5.13. The minimum Gasteiger partial charge on any atom is -0.480 e. The lowest BCUT2D eigenvalue weighted by atomic mass is 10.0. The van der Waals surface area contributed by atoms with E-state index in [4.69, 9.17) is 11.2 Å². The Morgan fingerprint density at radius 3 is 2.64 bits per heavy atom. The Hall–Kier alpha value is -1.76. The molecule has 0 unspecified atom stereocenters. The van der Waals surface area contributed by atoms with Crippen molar-refractivity contribution in [3.8, 4) is 24.2 Å². The van der Waals surface area contributed by atoms with E-state index < -0.39 is 0 Å².